The molecule has 1 aliphatic heterocycles. The minimum Gasteiger partial charge on any atom is -0.508 e. The molecule has 1 saturated carbocycles. The summed E-state index contributed by atoms with van der Waals surface area (Å²) in [6.45, 7) is 6.76. The van der Waals surface area contributed by atoms with Crippen LogP contribution in [0.1, 0.15) is 68.7 Å². The molecule has 0 saturated heterocycles. The Kier molecular flexibility index (Phi) is 7.67. The van der Waals surface area contributed by atoms with Gasteiger partial charge >= 0.3 is 16.6 Å². The highest BCUT2D eigenvalue weighted by atomic mass is 32.2. The second-order valence-electron chi connectivity index (χ2n) is 9.78. The summed E-state index contributed by atoms with van der Waals surface area (Å²) in [5.74, 6) is 0.243. The van der Waals surface area contributed by atoms with Crippen LogP contribution >= 0.6 is 0 Å². The quantitative estimate of drug-likeness (QED) is 0.491. The van der Waals surface area contributed by atoms with Crippen LogP contribution < -0.4 is 4.90 Å². The summed E-state index contributed by atoms with van der Waals surface area (Å²) in [6, 6.07) is 13.3. The number of ether oxygens (including phenoxy) is 1. The van der Waals surface area contributed by atoms with Gasteiger partial charge in [-0.05, 0) is 73.8 Å². The van der Waals surface area contributed by atoms with Gasteiger partial charge in [-0.25, -0.2) is 4.79 Å². The fourth-order valence-corrected chi connectivity index (χ4v) is 4.29. The van der Waals surface area contributed by atoms with Gasteiger partial charge in [-0.3, -0.25) is 4.90 Å². The number of nitrogens with zero attached hydrogens (tertiary/aromatic N) is 1. The summed E-state index contributed by atoms with van der Waals surface area (Å²) in [4.78, 5) is 14.4. The molecule has 34 heavy (non-hydrogen) atoms. The molecule has 2 aromatic rings. The smallest absolute Gasteiger partial charge is 0.415 e. The number of phenols is 1. The molecule has 2 aromatic carbocycles. The Labute approximate surface area is 201 Å². The van der Waals surface area contributed by atoms with Crippen molar-refractivity contribution in [1.29, 1.82) is 4.78 Å². The number of benzene rings is 2. The van der Waals surface area contributed by atoms with E-state index in [2.05, 4.69) is 19.9 Å². The Morgan fingerprint density at radius 1 is 1.18 bits per heavy atom. The Bertz CT molecular complexity index is 1150. The molecule has 1 amide bonds. The van der Waals surface area contributed by atoms with Crippen LogP contribution in [0, 0.1) is 17.1 Å². The molecule has 2 aliphatic rings. The maximum absolute atomic E-state index is 12.7. The van der Waals surface area contributed by atoms with Gasteiger partial charge < -0.3 is 14.9 Å². The highest BCUT2D eigenvalue weighted by Crippen LogP contribution is 2.55. The molecule has 1 fully saturated rings. The monoisotopic (exact) mass is 488 g/mol. The van der Waals surface area contributed by atoms with Crippen molar-refractivity contribution >= 4 is 22.3 Å². The average molecular weight is 489 g/mol. The second-order valence-corrected chi connectivity index (χ2v) is 10.2. The van der Waals surface area contributed by atoms with Gasteiger partial charge in [0, 0.05) is 12.1 Å². The number of nitrogens with one attached hydrogen (secondary N) is 1. The molecule has 8 nitrogen and oxygen atoms in total. The molecule has 1 spiro atoms. The minimum absolute atomic E-state index is 0.0448. The van der Waals surface area contributed by atoms with E-state index in [-0.39, 0.29) is 22.9 Å². The lowest BCUT2D eigenvalue weighted by atomic mass is 9.82. The minimum atomic E-state index is -2.61. The van der Waals surface area contributed by atoms with E-state index >= 15 is 0 Å². The fourth-order valence-electron chi connectivity index (χ4n) is 4.29. The average Bonchev–Trinajstić information content (AvgIpc) is 3.53. The third kappa shape index (κ3) is 6.15. The van der Waals surface area contributed by atoms with Gasteiger partial charge in [0.2, 0.25) is 0 Å². The van der Waals surface area contributed by atoms with E-state index in [0.717, 1.165) is 48.1 Å². The first kappa shape index (κ1) is 25.7. The summed E-state index contributed by atoms with van der Waals surface area (Å²) in [5.41, 5.74) is 3.26. The Morgan fingerprint density at radius 2 is 1.82 bits per heavy atom. The van der Waals surface area contributed by atoms with Gasteiger partial charge in [-0.2, -0.15) is 13.2 Å². The van der Waals surface area contributed by atoms with Crippen LogP contribution in [0.5, 0.6) is 5.75 Å². The number of aromatic hydroxyl groups is 1. The van der Waals surface area contributed by atoms with E-state index in [9.17, 15) is 15.0 Å². The van der Waals surface area contributed by atoms with Crippen LogP contribution in [0.3, 0.4) is 0 Å². The number of rotatable bonds is 7. The van der Waals surface area contributed by atoms with Gasteiger partial charge in [-0.15, -0.1) is 0 Å². The number of aryl methyl sites for hydroxylation is 1. The molecule has 9 heteroatoms. The lowest BCUT2D eigenvalue weighted by molar-refractivity contribution is 0.0799. The van der Waals surface area contributed by atoms with Gasteiger partial charge in [0.1, 0.15) is 11.4 Å². The molecule has 1 aliphatic carbocycles. The second kappa shape index (κ2) is 10.1. The summed E-state index contributed by atoms with van der Waals surface area (Å²) in [7, 11) is -2.61. The van der Waals surface area contributed by atoms with Crippen LogP contribution in [-0.4, -0.2) is 31.3 Å². The van der Waals surface area contributed by atoms with Gasteiger partial charge in [0.05, 0.1) is 11.8 Å². The number of hydrogen-bond acceptors (Lipinski definition) is 7. The summed E-state index contributed by atoms with van der Waals surface area (Å²) < 4.78 is 28.6. The van der Waals surface area contributed by atoms with E-state index in [4.69, 9.17) is 17.9 Å². The zero-order chi connectivity index (χ0) is 25.1. The van der Waals surface area contributed by atoms with Crippen molar-refractivity contribution in [2.45, 2.75) is 64.6 Å². The largest absolute Gasteiger partial charge is 0.508 e. The van der Waals surface area contributed by atoms with Crippen molar-refractivity contribution in [3.8, 4) is 5.75 Å². The highest BCUT2D eigenvalue weighted by Gasteiger charge is 2.54. The summed E-state index contributed by atoms with van der Waals surface area (Å²) >= 11 is 0. The lowest BCUT2D eigenvalue weighted by Gasteiger charge is -2.36. The molecule has 4 rings (SSSR count). The molecule has 3 N–H and O–H groups in total. The Hall–Kier alpha value is -2.91. The SMILES string of the molecule is Cc1cc(C(O)CCC(C)(C)CCN2C(=O)OC3(CC3)c3ccccc32)ccc1O.N=S(=O)=O. The molecule has 1 atom stereocenters. The topological polar surface area (TPSA) is 128 Å². The number of phenolic OH excluding ortho intramolecular Hbond substituents is 1. The van der Waals surface area contributed by atoms with E-state index < -0.39 is 16.6 Å². The van der Waals surface area contributed by atoms with Crippen molar-refractivity contribution < 1.29 is 28.2 Å². The number of para-hydroxylation sites is 1. The maximum atomic E-state index is 12.7. The summed E-state index contributed by atoms with van der Waals surface area (Å²) in [6.07, 6.45) is 3.25. The third-order valence-electron chi connectivity index (χ3n) is 6.61. The Balaban J connectivity index is 0.000000751. The van der Waals surface area contributed by atoms with Crippen molar-refractivity contribution in [3.63, 3.8) is 0 Å². The predicted octanol–water partition coefficient (Wildman–Crippen LogP) is 5.20. The van der Waals surface area contributed by atoms with E-state index in [1.165, 1.54) is 0 Å². The number of carbonyl (C=O) groups excluding carboxylic acids is 1. The number of aliphatic hydroxyl groups excluding tert-OH is 1. The first-order valence-electron chi connectivity index (χ1n) is 11.3. The van der Waals surface area contributed by atoms with Crippen molar-refractivity contribution in [2.75, 3.05) is 11.4 Å². The van der Waals surface area contributed by atoms with E-state index in [1.807, 2.05) is 31.2 Å². The Morgan fingerprint density at radius 3 is 2.44 bits per heavy atom. The zero-order valence-electron chi connectivity index (χ0n) is 19.7. The number of anilines is 1. The standard InChI is InChI=1S/C25H31NO4.HNO2S/c1-17-16-18(8-9-21(17)27)22(28)10-11-24(2,3)14-15-26-20-7-5-4-6-19(20)25(12-13-25)30-23(26)29;1-4(2)3/h4-9,16,22,27-28H,10-15H2,1-3H3;1H. The van der Waals surface area contributed by atoms with Crippen molar-refractivity contribution in [1.82, 2.24) is 0 Å². The van der Waals surface area contributed by atoms with E-state index in [1.54, 1.807) is 17.0 Å². The third-order valence-corrected chi connectivity index (χ3v) is 6.61. The first-order valence-corrected chi connectivity index (χ1v) is 12.4. The van der Waals surface area contributed by atoms with Crippen LogP contribution in [0.2, 0.25) is 0 Å². The van der Waals surface area contributed by atoms with Gasteiger partial charge in [0.15, 0.2) is 0 Å². The first-order chi connectivity index (χ1) is 15.9. The fraction of sp³-hybridized carbons (Fsp3) is 0.480. The van der Waals surface area contributed by atoms with E-state index in [0.29, 0.717) is 13.0 Å². The molecule has 184 valence electrons. The number of aliphatic hydroxyl groups is 1. The van der Waals surface area contributed by atoms with Crippen LogP contribution in [0.15, 0.2) is 42.5 Å². The van der Waals surface area contributed by atoms with Gasteiger partial charge in [-0.1, -0.05) is 38.1 Å². The molecular formula is C25H32N2O6S. The molecule has 0 radical (unpaired) electrons. The van der Waals surface area contributed by atoms with Crippen molar-refractivity contribution in [2.24, 2.45) is 5.41 Å². The highest BCUT2D eigenvalue weighted by molar-refractivity contribution is 7.60. The number of fused-ring (bicyclic) bond motifs is 2. The molecule has 1 unspecified atom stereocenters. The summed E-state index contributed by atoms with van der Waals surface area (Å²) in [5, 5.41) is 20.3. The van der Waals surface area contributed by atoms with Gasteiger partial charge in [0.25, 0.3) is 0 Å². The molecule has 0 aromatic heterocycles. The predicted molar refractivity (Wildman–Crippen MR) is 128 cm³/mol. The number of hydrogen-bond donors (Lipinski definition) is 3. The molecule has 1 heterocycles. The van der Waals surface area contributed by atoms with Crippen LogP contribution in [-0.2, 0) is 20.8 Å². The maximum Gasteiger partial charge on any atom is 0.415 e. The van der Waals surface area contributed by atoms with Crippen LogP contribution in [0.4, 0.5) is 10.5 Å². The van der Waals surface area contributed by atoms with Crippen LogP contribution in [0.25, 0.3) is 0 Å². The lowest BCUT2D eigenvalue weighted by Crippen LogP contribution is -2.42. The normalized spacial score (nSPS) is 16.7. The molecular weight excluding hydrogens is 456 g/mol. The van der Waals surface area contributed by atoms with Crippen molar-refractivity contribution in [3.05, 3.63) is 59.2 Å². The molecule has 0 bridgehead atoms. The number of amides is 1. The number of carbonyl (C=O) groups is 1. The zero-order valence-corrected chi connectivity index (χ0v) is 20.6.